The van der Waals surface area contributed by atoms with Gasteiger partial charge in [-0.3, -0.25) is 9.78 Å². The number of anilines is 1. The summed E-state index contributed by atoms with van der Waals surface area (Å²) in [5.74, 6) is -0.672. The van der Waals surface area contributed by atoms with Crippen molar-refractivity contribution in [3.05, 3.63) is 83.8 Å². The number of hydrogen-bond acceptors (Lipinski definition) is 2. The van der Waals surface area contributed by atoms with Gasteiger partial charge < -0.3 is 5.32 Å². The molecule has 4 aromatic rings. The standard InChI is InChI=1S/C21H15FN2O/c1-13-10-19(18-12-16(22)7-9-20(18)23-13)21(25)24-17-8-6-14-4-2-3-5-15(14)11-17/h2-12H,1H3,(H,24,25). The lowest BCUT2D eigenvalue weighted by atomic mass is 10.1. The molecule has 0 atom stereocenters. The van der Waals surface area contributed by atoms with Gasteiger partial charge in [-0.2, -0.15) is 0 Å². The first kappa shape index (κ1) is 15.3. The van der Waals surface area contributed by atoms with Gasteiger partial charge in [-0.1, -0.05) is 30.3 Å². The molecule has 0 unspecified atom stereocenters. The van der Waals surface area contributed by atoms with Crippen molar-refractivity contribution in [1.29, 1.82) is 0 Å². The number of fused-ring (bicyclic) bond motifs is 2. The second-order valence-electron chi connectivity index (χ2n) is 5.99. The summed E-state index contributed by atoms with van der Waals surface area (Å²) in [7, 11) is 0. The van der Waals surface area contributed by atoms with Crippen LogP contribution in [0.1, 0.15) is 16.1 Å². The van der Waals surface area contributed by atoms with Crippen molar-refractivity contribution in [2.24, 2.45) is 0 Å². The number of hydrogen-bond donors (Lipinski definition) is 1. The smallest absolute Gasteiger partial charge is 0.256 e. The maximum Gasteiger partial charge on any atom is 0.256 e. The zero-order valence-electron chi connectivity index (χ0n) is 13.6. The minimum absolute atomic E-state index is 0.281. The van der Waals surface area contributed by atoms with Crippen LogP contribution in [-0.4, -0.2) is 10.9 Å². The van der Waals surface area contributed by atoms with E-state index in [1.807, 2.05) is 49.4 Å². The van der Waals surface area contributed by atoms with Crippen LogP contribution in [0.15, 0.2) is 66.7 Å². The Balaban J connectivity index is 1.75. The summed E-state index contributed by atoms with van der Waals surface area (Å²) in [6.45, 7) is 1.82. The van der Waals surface area contributed by atoms with Crippen LogP contribution in [0.3, 0.4) is 0 Å². The molecule has 0 bridgehead atoms. The molecule has 1 aromatic heterocycles. The molecular formula is C21H15FN2O. The van der Waals surface area contributed by atoms with Gasteiger partial charge in [0.15, 0.2) is 0 Å². The molecule has 1 heterocycles. The molecule has 1 N–H and O–H groups in total. The van der Waals surface area contributed by atoms with Crippen molar-refractivity contribution < 1.29 is 9.18 Å². The van der Waals surface area contributed by atoms with Crippen LogP contribution in [0.4, 0.5) is 10.1 Å². The number of nitrogens with zero attached hydrogens (tertiary/aromatic N) is 1. The van der Waals surface area contributed by atoms with Crippen molar-refractivity contribution in [2.45, 2.75) is 6.92 Å². The fraction of sp³-hybridized carbons (Fsp3) is 0.0476. The van der Waals surface area contributed by atoms with Gasteiger partial charge in [-0.15, -0.1) is 0 Å². The average Bonchev–Trinajstić information content (AvgIpc) is 2.61. The van der Waals surface area contributed by atoms with Crippen LogP contribution in [0.5, 0.6) is 0 Å². The Morgan fingerprint density at radius 1 is 0.960 bits per heavy atom. The molecule has 4 heteroatoms. The van der Waals surface area contributed by atoms with Crippen molar-refractivity contribution >= 4 is 33.3 Å². The number of rotatable bonds is 2. The van der Waals surface area contributed by atoms with Gasteiger partial charge in [-0.25, -0.2) is 4.39 Å². The van der Waals surface area contributed by atoms with Crippen LogP contribution >= 0.6 is 0 Å². The lowest BCUT2D eigenvalue weighted by molar-refractivity contribution is 0.102. The number of aromatic nitrogens is 1. The molecule has 0 saturated carbocycles. The quantitative estimate of drug-likeness (QED) is 0.556. The Hall–Kier alpha value is -3.27. The number of carbonyl (C=O) groups excluding carboxylic acids is 1. The highest BCUT2D eigenvalue weighted by atomic mass is 19.1. The fourth-order valence-corrected chi connectivity index (χ4v) is 2.98. The Morgan fingerprint density at radius 2 is 1.76 bits per heavy atom. The van der Waals surface area contributed by atoms with Crippen molar-refractivity contribution in [2.75, 3.05) is 5.32 Å². The zero-order chi connectivity index (χ0) is 17.4. The fourth-order valence-electron chi connectivity index (χ4n) is 2.98. The Morgan fingerprint density at radius 3 is 2.60 bits per heavy atom. The number of halogens is 1. The van der Waals surface area contributed by atoms with Gasteiger partial charge in [0.05, 0.1) is 11.1 Å². The van der Waals surface area contributed by atoms with Crippen molar-refractivity contribution in [1.82, 2.24) is 4.98 Å². The third-order valence-electron chi connectivity index (χ3n) is 4.15. The van der Waals surface area contributed by atoms with Gasteiger partial charge in [0, 0.05) is 16.8 Å². The van der Waals surface area contributed by atoms with Gasteiger partial charge in [0.25, 0.3) is 5.91 Å². The van der Waals surface area contributed by atoms with E-state index in [9.17, 15) is 9.18 Å². The summed E-state index contributed by atoms with van der Waals surface area (Å²) < 4.78 is 13.6. The molecule has 0 saturated heterocycles. The minimum Gasteiger partial charge on any atom is -0.322 e. The van der Waals surface area contributed by atoms with Gasteiger partial charge >= 0.3 is 0 Å². The first-order valence-corrected chi connectivity index (χ1v) is 7.97. The number of aryl methyl sites for hydroxylation is 1. The van der Waals surface area contributed by atoms with E-state index in [0.29, 0.717) is 27.8 Å². The maximum absolute atomic E-state index is 13.6. The lowest BCUT2D eigenvalue weighted by Gasteiger charge is -2.10. The number of nitrogens with one attached hydrogen (secondary N) is 1. The first-order valence-electron chi connectivity index (χ1n) is 7.97. The van der Waals surface area contributed by atoms with Gasteiger partial charge in [-0.05, 0) is 54.1 Å². The van der Waals surface area contributed by atoms with E-state index in [1.54, 1.807) is 12.1 Å². The Labute approximate surface area is 144 Å². The van der Waals surface area contributed by atoms with E-state index < -0.39 is 5.82 Å². The normalized spacial score (nSPS) is 11.0. The number of pyridine rings is 1. The van der Waals surface area contributed by atoms with Crippen LogP contribution < -0.4 is 5.32 Å². The van der Waals surface area contributed by atoms with E-state index in [1.165, 1.54) is 12.1 Å². The van der Waals surface area contributed by atoms with Gasteiger partial charge in [0.1, 0.15) is 5.82 Å². The summed E-state index contributed by atoms with van der Waals surface area (Å²) in [6.07, 6.45) is 0. The molecule has 0 aliphatic carbocycles. The molecule has 0 aliphatic rings. The summed E-state index contributed by atoms with van der Waals surface area (Å²) in [4.78, 5) is 17.1. The SMILES string of the molecule is Cc1cc(C(=O)Nc2ccc3ccccc3c2)c2cc(F)ccc2n1. The second-order valence-corrected chi connectivity index (χ2v) is 5.99. The van der Waals surface area contributed by atoms with Crippen molar-refractivity contribution in [3.63, 3.8) is 0 Å². The molecular weight excluding hydrogens is 315 g/mol. The summed E-state index contributed by atoms with van der Waals surface area (Å²) in [6, 6.07) is 19.6. The molecule has 0 spiro atoms. The molecule has 0 radical (unpaired) electrons. The lowest BCUT2D eigenvalue weighted by Crippen LogP contribution is -2.13. The highest BCUT2D eigenvalue weighted by Gasteiger charge is 2.13. The minimum atomic E-state index is -0.391. The number of carbonyl (C=O) groups is 1. The molecule has 122 valence electrons. The predicted molar refractivity (Wildman–Crippen MR) is 98.3 cm³/mol. The largest absolute Gasteiger partial charge is 0.322 e. The van der Waals surface area contributed by atoms with E-state index in [2.05, 4.69) is 10.3 Å². The molecule has 0 aliphatic heterocycles. The van der Waals surface area contributed by atoms with Crippen LogP contribution in [0.25, 0.3) is 21.7 Å². The number of amides is 1. The maximum atomic E-state index is 13.6. The molecule has 3 nitrogen and oxygen atoms in total. The zero-order valence-corrected chi connectivity index (χ0v) is 13.6. The second kappa shape index (κ2) is 5.98. The van der Waals surface area contributed by atoms with E-state index >= 15 is 0 Å². The van der Waals surface area contributed by atoms with E-state index in [4.69, 9.17) is 0 Å². The Bertz CT molecular complexity index is 1120. The topological polar surface area (TPSA) is 42.0 Å². The molecule has 4 rings (SSSR count). The monoisotopic (exact) mass is 330 g/mol. The third kappa shape index (κ3) is 2.94. The Kier molecular flexibility index (Phi) is 3.65. The van der Waals surface area contributed by atoms with Crippen LogP contribution in [0.2, 0.25) is 0 Å². The number of benzene rings is 3. The average molecular weight is 330 g/mol. The summed E-state index contributed by atoms with van der Waals surface area (Å²) in [5.41, 5.74) is 2.42. The molecule has 1 amide bonds. The van der Waals surface area contributed by atoms with Gasteiger partial charge in [0.2, 0.25) is 0 Å². The molecule has 0 fully saturated rings. The highest BCUT2D eigenvalue weighted by molar-refractivity contribution is 6.12. The van der Waals surface area contributed by atoms with E-state index in [-0.39, 0.29) is 5.91 Å². The van der Waals surface area contributed by atoms with Crippen LogP contribution in [0, 0.1) is 12.7 Å². The summed E-state index contributed by atoms with van der Waals surface area (Å²) in [5, 5.41) is 5.55. The van der Waals surface area contributed by atoms with E-state index in [0.717, 1.165) is 10.8 Å². The van der Waals surface area contributed by atoms with Crippen molar-refractivity contribution in [3.8, 4) is 0 Å². The first-order chi connectivity index (χ1) is 12.1. The van der Waals surface area contributed by atoms with Crippen LogP contribution in [-0.2, 0) is 0 Å². The predicted octanol–water partition coefficient (Wildman–Crippen LogP) is 5.09. The third-order valence-corrected chi connectivity index (χ3v) is 4.15. The molecule has 25 heavy (non-hydrogen) atoms. The summed E-state index contributed by atoms with van der Waals surface area (Å²) >= 11 is 0. The highest BCUT2D eigenvalue weighted by Crippen LogP contribution is 2.23. The molecule has 3 aromatic carbocycles.